The summed E-state index contributed by atoms with van der Waals surface area (Å²) in [6.45, 7) is 0.540. The first-order valence-corrected chi connectivity index (χ1v) is 4.11. The van der Waals surface area contributed by atoms with Crippen LogP contribution in [0.4, 0.5) is 13.2 Å². The molecule has 1 rings (SSSR count). The van der Waals surface area contributed by atoms with Gasteiger partial charge in [0.05, 0.1) is 0 Å². The molecule has 0 atom stereocenters. The molecule has 4 heteroatoms. The first kappa shape index (κ1) is 10.8. The molecule has 0 aromatic heterocycles. The average Bonchev–Trinajstić information content (AvgIpc) is 2.18. The topological polar surface area (TPSA) is 12.0 Å². The molecule has 0 unspecified atom stereocenters. The molecule has 0 amide bonds. The van der Waals surface area contributed by atoms with Gasteiger partial charge in [0.15, 0.2) is 17.5 Å². The molecule has 0 spiro atoms. The van der Waals surface area contributed by atoms with Gasteiger partial charge in [-0.05, 0) is 19.2 Å². The van der Waals surface area contributed by atoms with Gasteiger partial charge in [0.25, 0.3) is 0 Å². The van der Waals surface area contributed by atoms with E-state index in [0.29, 0.717) is 6.54 Å². The van der Waals surface area contributed by atoms with E-state index in [4.69, 9.17) is 0 Å². The molecular weight excluding hydrogens is 191 g/mol. The minimum Gasteiger partial charge on any atom is -0.316 e. The molecule has 0 heterocycles. The zero-order chi connectivity index (χ0) is 10.6. The lowest BCUT2D eigenvalue weighted by molar-refractivity contribution is 0.446. The second-order valence-electron chi connectivity index (χ2n) is 2.72. The molecule has 1 aromatic rings. The van der Waals surface area contributed by atoms with E-state index >= 15 is 0 Å². The van der Waals surface area contributed by atoms with Crippen LogP contribution >= 0.6 is 0 Å². The third-order valence-corrected chi connectivity index (χ3v) is 1.68. The maximum absolute atomic E-state index is 13.0. The minimum atomic E-state index is -1.43. The van der Waals surface area contributed by atoms with Crippen molar-refractivity contribution in [1.82, 2.24) is 5.32 Å². The summed E-state index contributed by atoms with van der Waals surface area (Å²) < 4.78 is 38.2. The molecule has 0 aliphatic heterocycles. The highest BCUT2D eigenvalue weighted by atomic mass is 19.2. The van der Waals surface area contributed by atoms with Crippen molar-refractivity contribution in [2.24, 2.45) is 0 Å². The Morgan fingerprint density at radius 3 is 2.57 bits per heavy atom. The van der Waals surface area contributed by atoms with Crippen molar-refractivity contribution in [1.29, 1.82) is 0 Å². The van der Waals surface area contributed by atoms with E-state index in [-0.39, 0.29) is 5.56 Å². The lowest BCUT2D eigenvalue weighted by Gasteiger charge is -1.99. The molecule has 1 nitrogen and oxygen atoms in total. The van der Waals surface area contributed by atoms with Gasteiger partial charge in [-0.15, -0.1) is 0 Å². The van der Waals surface area contributed by atoms with Crippen LogP contribution in [0.15, 0.2) is 18.2 Å². The molecule has 0 saturated heterocycles. The van der Waals surface area contributed by atoms with Gasteiger partial charge in [-0.2, -0.15) is 0 Å². The van der Waals surface area contributed by atoms with Crippen LogP contribution in [0.25, 0.3) is 6.08 Å². The molecule has 0 fully saturated rings. The molecule has 0 aliphatic rings. The fourth-order valence-corrected chi connectivity index (χ4v) is 0.973. The predicted octanol–water partition coefficient (Wildman–Crippen LogP) is 2.34. The normalized spacial score (nSPS) is 11.1. The lowest BCUT2D eigenvalue weighted by atomic mass is 10.2. The number of nitrogens with one attached hydrogen (secondary N) is 1. The van der Waals surface area contributed by atoms with Crippen LogP contribution in [-0.2, 0) is 0 Å². The third kappa shape index (κ3) is 2.35. The van der Waals surface area contributed by atoms with Crippen LogP contribution in [0.5, 0.6) is 0 Å². The average molecular weight is 201 g/mol. The monoisotopic (exact) mass is 201 g/mol. The summed E-state index contributed by atoms with van der Waals surface area (Å²) >= 11 is 0. The van der Waals surface area contributed by atoms with E-state index in [0.717, 1.165) is 6.07 Å². The Hall–Kier alpha value is -1.29. The van der Waals surface area contributed by atoms with Gasteiger partial charge in [0, 0.05) is 12.1 Å². The molecule has 14 heavy (non-hydrogen) atoms. The zero-order valence-electron chi connectivity index (χ0n) is 7.65. The predicted molar refractivity (Wildman–Crippen MR) is 49.3 cm³/mol. The van der Waals surface area contributed by atoms with E-state index in [9.17, 15) is 13.2 Å². The van der Waals surface area contributed by atoms with E-state index in [1.165, 1.54) is 12.1 Å². The number of benzene rings is 1. The second-order valence-corrected chi connectivity index (χ2v) is 2.72. The number of halogens is 3. The maximum atomic E-state index is 13.0. The van der Waals surface area contributed by atoms with E-state index in [1.54, 1.807) is 13.1 Å². The van der Waals surface area contributed by atoms with Gasteiger partial charge in [0.2, 0.25) is 0 Å². The van der Waals surface area contributed by atoms with Gasteiger partial charge in [-0.1, -0.05) is 12.2 Å². The maximum Gasteiger partial charge on any atom is 0.195 e. The van der Waals surface area contributed by atoms with E-state index < -0.39 is 17.5 Å². The standard InChI is InChI=1S/C10H10F3N/c1-14-6-2-3-7-4-5-8(11)10(13)9(7)12/h2-5,14H,6H2,1H3. The lowest BCUT2D eigenvalue weighted by Crippen LogP contribution is -2.03. The van der Waals surface area contributed by atoms with Crippen LogP contribution in [0.2, 0.25) is 0 Å². The summed E-state index contributed by atoms with van der Waals surface area (Å²) in [6.07, 6.45) is 3.02. The molecule has 0 aliphatic carbocycles. The Bertz CT molecular complexity index is 347. The fourth-order valence-electron chi connectivity index (χ4n) is 0.973. The first-order chi connectivity index (χ1) is 6.66. The number of likely N-dealkylation sites (N-methyl/N-ethyl adjacent to an activating group) is 1. The van der Waals surface area contributed by atoms with Gasteiger partial charge < -0.3 is 5.32 Å². The summed E-state index contributed by atoms with van der Waals surface area (Å²) in [7, 11) is 1.73. The highest BCUT2D eigenvalue weighted by Gasteiger charge is 2.10. The summed E-state index contributed by atoms with van der Waals surface area (Å²) in [4.78, 5) is 0. The highest BCUT2D eigenvalue weighted by Crippen LogP contribution is 2.15. The highest BCUT2D eigenvalue weighted by molar-refractivity contribution is 5.50. The molecule has 0 saturated carbocycles. The van der Waals surface area contributed by atoms with Crippen molar-refractivity contribution in [2.75, 3.05) is 13.6 Å². The van der Waals surface area contributed by atoms with Gasteiger partial charge >= 0.3 is 0 Å². The van der Waals surface area contributed by atoms with Crippen LogP contribution in [0.1, 0.15) is 5.56 Å². The minimum absolute atomic E-state index is 0.0409. The van der Waals surface area contributed by atoms with Gasteiger partial charge in [-0.3, -0.25) is 0 Å². The van der Waals surface area contributed by atoms with Crippen molar-refractivity contribution in [3.8, 4) is 0 Å². The Morgan fingerprint density at radius 1 is 1.21 bits per heavy atom. The third-order valence-electron chi connectivity index (χ3n) is 1.68. The first-order valence-electron chi connectivity index (χ1n) is 4.11. The summed E-state index contributed by atoms with van der Waals surface area (Å²) in [6, 6.07) is 2.09. The summed E-state index contributed by atoms with van der Waals surface area (Å²) in [5, 5.41) is 2.81. The Kier molecular flexibility index (Phi) is 3.71. The number of hydrogen-bond donors (Lipinski definition) is 1. The SMILES string of the molecule is CNCC=Cc1ccc(F)c(F)c1F. The second kappa shape index (κ2) is 4.81. The van der Waals surface area contributed by atoms with E-state index in [2.05, 4.69) is 5.32 Å². The Labute approximate surface area is 80.2 Å². The van der Waals surface area contributed by atoms with Crippen LogP contribution in [0.3, 0.4) is 0 Å². The number of hydrogen-bond acceptors (Lipinski definition) is 1. The van der Waals surface area contributed by atoms with Crippen molar-refractivity contribution >= 4 is 6.08 Å². The van der Waals surface area contributed by atoms with Crippen LogP contribution in [0, 0.1) is 17.5 Å². The molecule has 1 N–H and O–H groups in total. The molecule has 0 radical (unpaired) electrons. The van der Waals surface area contributed by atoms with Crippen molar-refractivity contribution in [3.05, 3.63) is 41.2 Å². The van der Waals surface area contributed by atoms with Crippen molar-refractivity contribution in [2.45, 2.75) is 0 Å². The van der Waals surface area contributed by atoms with Gasteiger partial charge in [-0.25, -0.2) is 13.2 Å². The van der Waals surface area contributed by atoms with Crippen molar-refractivity contribution < 1.29 is 13.2 Å². The molecule has 76 valence electrons. The largest absolute Gasteiger partial charge is 0.316 e. The molecule has 0 bridgehead atoms. The molecule has 1 aromatic carbocycles. The van der Waals surface area contributed by atoms with Gasteiger partial charge in [0.1, 0.15) is 0 Å². The van der Waals surface area contributed by atoms with E-state index in [1.807, 2.05) is 0 Å². The summed E-state index contributed by atoms with van der Waals surface area (Å²) in [5.74, 6) is -3.76. The van der Waals surface area contributed by atoms with Crippen LogP contribution in [-0.4, -0.2) is 13.6 Å². The Balaban J connectivity index is 2.94. The smallest absolute Gasteiger partial charge is 0.195 e. The zero-order valence-corrected chi connectivity index (χ0v) is 7.65. The Morgan fingerprint density at radius 2 is 1.93 bits per heavy atom. The summed E-state index contributed by atoms with van der Waals surface area (Å²) in [5.41, 5.74) is 0.0409. The number of rotatable bonds is 3. The fraction of sp³-hybridized carbons (Fsp3) is 0.200. The quantitative estimate of drug-likeness (QED) is 0.740. The van der Waals surface area contributed by atoms with Crippen LogP contribution < -0.4 is 5.32 Å². The van der Waals surface area contributed by atoms with Crippen molar-refractivity contribution in [3.63, 3.8) is 0 Å². The molecular formula is C10H10F3N.